The molecule has 4 fully saturated rings. The summed E-state index contributed by atoms with van der Waals surface area (Å²) in [6, 6.07) is 8.14. The molecule has 2 aliphatic heterocycles. The molecule has 0 aromatic heterocycles. The highest BCUT2D eigenvalue weighted by atomic mass is 16.7. The summed E-state index contributed by atoms with van der Waals surface area (Å²) < 4.78 is 33.2. The van der Waals surface area contributed by atoms with Gasteiger partial charge in [0.15, 0.2) is 11.5 Å². The lowest BCUT2D eigenvalue weighted by Gasteiger charge is -2.40. The summed E-state index contributed by atoms with van der Waals surface area (Å²) in [5.74, 6) is -6.72. The zero-order valence-corrected chi connectivity index (χ0v) is 39.2. The third-order valence-electron chi connectivity index (χ3n) is 14.8. The van der Waals surface area contributed by atoms with Gasteiger partial charge in [0.25, 0.3) is 0 Å². The number of aliphatic hydroxyl groups is 10. The Labute approximate surface area is 417 Å². The first-order chi connectivity index (χ1) is 34.8. The maximum atomic E-state index is 14.6. The zero-order valence-electron chi connectivity index (χ0n) is 39.2. The van der Waals surface area contributed by atoms with Gasteiger partial charge in [-0.15, -0.1) is 0 Å². The van der Waals surface area contributed by atoms with E-state index in [1.165, 1.54) is 54.6 Å². The number of phenols is 3. The van der Waals surface area contributed by atoms with Gasteiger partial charge in [-0.25, -0.2) is 4.79 Å². The molecule has 0 bridgehead atoms. The van der Waals surface area contributed by atoms with Crippen LogP contribution >= 0.6 is 0 Å². The van der Waals surface area contributed by atoms with Crippen LogP contribution < -0.4 is 0 Å². The number of carbonyl (C=O) groups is 4. The average Bonchev–Trinajstić information content (AvgIpc) is 3.38. The first-order valence-corrected chi connectivity index (χ1v) is 23.8. The second-order valence-corrected chi connectivity index (χ2v) is 19.4. The van der Waals surface area contributed by atoms with E-state index in [0.29, 0.717) is 23.7 Å². The van der Waals surface area contributed by atoms with Crippen molar-refractivity contribution in [3.05, 3.63) is 83.3 Å². The maximum Gasteiger partial charge on any atom is 0.334 e. The normalized spacial score (nSPS) is 37.7. The van der Waals surface area contributed by atoms with Gasteiger partial charge >= 0.3 is 11.9 Å². The van der Waals surface area contributed by atoms with Crippen molar-refractivity contribution >= 4 is 30.6 Å². The molecule has 7 rings (SSSR count). The number of hydrogen-bond acceptors (Lipinski definition) is 23. The number of phenolic OH excluding ortho intramolecular Hbond substituents is 3. The van der Waals surface area contributed by atoms with E-state index in [0.717, 1.165) is 12.5 Å². The molecule has 2 aromatic carbocycles. The lowest BCUT2D eigenvalue weighted by molar-refractivity contribution is -0.288. The van der Waals surface area contributed by atoms with Crippen LogP contribution in [0.2, 0.25) is 0 Å². The van der Waals surface area contributed by atoms with Crippen LogP contribution in [0.3, 0.4) is 0 Å². The fourth-order valence-electron chi connectivity index (χ4n) is 10.1. The Morgan fingerprint density at radius 1 is 0.644 bits per heavy atom. The Morgan fingerprint density at radius 3 is 1.59 bits per heavy atom. The van der Waals surface area contributed by atoms with Crippen molar-refractivity contribution in [2.75, 3.05) is 26.4 Å². The molecule has 400 valence electrons. The minimum absolute atomic E-state index is 0.0255. The van der Waals surface area contributed by atoms with Gasteiger partial charge in [0, 0.05) is 5.92 Å². The minimum Gasteiger partial charge on any atom is -0.508 e. The molecule has 23 heteroatoms. The summed E-state index contributed by atoms with van der Waals surface area (Å²) in [4.78, 5) is 53.8. The smallest absolute Gasteiger partial charge is 0.334 e. The number of rotatable bonds is 17. The molecule has 2 saturated heterocycles. The largest absolute Gasteiger partial charge is 0.508 e. The fraction of sp³-hybridized carbons (Fsp3) is 0.560. The topological polar surface area (TPSA) is 387 Å². The average molecular weight is 1030 g/mol. The third kappa shape index (κ3) is 11.6. The third-order valence-corrected chi connectivity index (χ3v) is 14.8. The van der Waals surface area contributed by atoms with Crippen LogP contribution in [-0.2, 0) is 47.6 Å². The van der Waals surface area contributed by atoms with Gasteiger partial charge in [-0.1, -0.05) is 12.1 Å². The fourth-order valence-corrected chi connectivity index (χ4v) is 10.1. The summed E-state index contributed by atoms with van der Waals surface area (Å²) in [5, 5.41) is 134. The number of carbonyl (C=O) groups excluding carboxylic acids is 4. The highest BCUT2D eigenvalue weighted by Crippen LogP contribution is 2.48. The van der Waals surface area contributed by atoms with Crippen molar-refractivity contribution < 1.29 is 114 Å². The molecular formula is C50H62O23. The van der Waals surface area contributed by atoms with E-state index in [9.17, 15) is 85.6 Å². The summed E-state index contributed by atoms with van der Waals surface area (Å²) in [6.07, 6.45) is -11.2. The van der Waals surface area contributed by atoms with Crippen molar-refractivity contribution in [2.24, 2.45) is 28.6 Å². The molecule has 3 aliphatic carbocycles. The van der Waals surface area contributed by atoms with Crippen LogP contribution in [0.25, 0.3) is 6.08 Å². The Morgan fingerprint density at radius 2 is 1.12 bits per heavy atom. The Hall–Kier alpha value is -5.54. The van der Waals surface area contributed by atoms with Crippen LogP contribution in [0, 0.1) is 28.6 Å². The number of aliphatic hydroxyl groups excluding tert-OH is 10. The lowest BCUT2D eigenvalue weighted by atomic mass is 9.69. The number of aldehydes is 2. The van der Waals surface area contributed by atoms with Gasteiger partial charge in [-0.2, -0.15) is 0 Å². The van der Waals surface area contributed by atoms with Crippen molar-refractivity contribution in [3.63, 3.8) is 0 Å². The van der Waals surface area contributed by atoms with E-state index in [2.05, 4.69) is 0 Å². The first-order valence-electron chi connectivity index (χ1n) is 23.8. The standard InChI is InChI=1S/C50H62O23/c51-18-33-39(60)41(62)43(64)47(72-33)68-11-9-49(22-53)7-5-24(13-35(49)58)20-70-45(66)30-15-27-16-31(56)32(57)17-29(27)37(26-1-3-28(55)4-2-26)38(30)46(67)71-21-25-6-8-50(23-54,36(59)14-25)10-12-69-48-44(65)42(63)40(61)34(19-52)73-48/h1-4,9-12,15-17,22-25,33-44,47-48,51-52,55-65H,5-8,13-14,18-21H2. The molecule has 5 aliphatic rings. The van der Waals surface area contributed by atoms with Crippen LogP contribution in [0.5, 0.6) is 17.2 Å². The van der Waals surface area contributed by atoms with E-state index in [4.69, 9.17) is 28.4 Å². The van der Waals surface area contributed by atoms with Crippen LogP contribution in [0.15, 0.2) is 66.6 Å². The number of benzene rings is 2. The zero-order chi connectivity index (χ0) is 52.9. The van der Waals surface area contributed by atoms with Gasteiger partial charge < -0.3 is 104 Å². The predicted octanol–water partition coefficient (Wildman–Crippen LogP) is -1.61. The van der Waals surface area contributed by atoms with Crippen molar-refractivity contribution in [1.29, 1.82) is 0 Å². The molecule has 0 spiro atoms. The highest BCUT2D eigenvalue weighted by molar-refractivity contribution is 6.02. The van der Waals surface area contributed by atoms with Crippen LogP contribution in [0.4, 0.5) is 0 Å². The van der Waals surface area contributed by atoms with Crippen LogP contribution in [-0.4, -0.2) is 191 Å². The summed E-state index contributed by atoms with van der Waals surface area (Å²) >= 11 is 0. The monoisotopic (exact) mass is 1030 g/mol. The number of ether oxygens (including phenoxy) is 6. The van der Waals surface area contributed by atoms with E-state index in [1.807, 2.05) is 0 Å². The molecule has 2 heterocycles. The van der Waals surface area contributed by atoms with Crippen molar-refractivity contribution in [1.82, 2.24) is 0 Å². The molecule has 13 N–H and O–H groups in total. The number of hydrogen-bond donors (Lipinski definition) is 13. The quantitative estimate of drug-likeness (QED) is 0.0367. The summed E-state index contributed by atoms with van der Waals surface area (Å²) in [5.41, 5.74) is -2.32. The van der Waals surface area contributed by atoms with Gasteiger partial charge in [0.2, 0.25) is 12.6 Å². The maximum absolute atomic E-state index is 14.6. The molecule has 18 unspecified atom stereocenters. The predicted molar refractivity (Wildman–Crippen MR) is 245 cm³/mol. The van der Waals surface area contributed by atoms with E-state index in [-0.39, 0.29) is 68.6 Å². The Kier molecular flexibility index (Phi) is 17.7. The minimum atomic E-state index is -1.72. The van der Waals surface area contributed by atoms with E-state index >= 15 is 0 Å². The van der Waals surface area contributed by atoms with Crippen molar-refractivity contribution in [3.8, 4) is 17.2 Å². The van der Waals surface area contributed by atoms with Gasteiger partial charge in [0.1, 0.15) is 67.2 Å². The number of aromatic hydroxyl groups is 3. The SMILES string of the molecule is O=CC1(C=COC2OC(CO)C(O)C(O)C2O)CCC(COC(=O)C2=Cc3cc(O)c(O)cc3C(c3ccc(O)cc3)C2C(=O)OCC2CCC(C=O)(C=COC3OC(CO)C(O)C(O)C3O)C(O)C2)CC1O. The van der Waals surface area contributed by atoms with E-state index < -0.39 is 145 Å². The van der Waals surface area contributed by atoms with Gasteiger partial charge in [0.05, 0.1) is 73.5 Å². The molecule has 2 aromatic rings. The van der Waals surface area contributed by atoms with Gasteiger partial charge in [-0.05, 0) is 110 Å². The number of esters is 2. The van der Waals surface area contributed by atoms with Gasteiger partial charge in [-0.3, -0.25) is 4.79 Å². The molecule has 2 saturated carbocycles. The second-order valence-electron chi connectivity index (χ2n) is 19.4. The van der Waals surface area contributed by atoms with E-state index in [1.54, 1.807) is 0 Å². The molecule has 23 nitrogen and oxygen atoms in total. The number of fused-ring (bicyclic) bond motifs is 1. The van der Waals surface area contributed by atoms with Crippen molar-refractivity contribution in [2.45, 2.75) is 118 Å². The lowest BCUT2D eigenvalue weighted by Crippen LogP contribution is -2.58. The molecule has 0 radical (unpaired) electrons. The summed E-state index contributed by atoms with van der Waals surface area (Å²) in [7, 11) is 0. The molecular weight excluding hydrogens is 969 g/mol. The Bertz CT molecular complexity index is 2350. The summed E-state index contributed by atoms with van der Waals surface area (Å²) in [6.45, 7) is -1.99. The first kappa shape index (κ1) is 55.2. The Balaban J connectivity index is 1.04. The molecule has 18 atom stereocenters. The molecule has 0 amide bonds. The second kappa shape index (κ2) is 23.3. The molecule has 73 heavy (non-hydrogen) atoms. The highest BCUT2D eigenvalue weighted by Gasteiger charge is 2.49. The van der Waals surface area contributed by atoms with Crippen LogP contribution in [0.1, 0.15) is 61.1 Å².